The molecule has 4 rings (SSSR count). The number of thiophene rings is 1. The molecule has 0 radical (unpaired) electrons. The molecule has 0 bridgehead atoms. The molecule has 1 aliphatic rings. The molecule has 1 aliphatic carbocycles. The first-order valence-electron chi connectivity index (χ1n) is 9.37. The average Bonchev–Trinajstić information content (AvgIpc) is 3.40. The third-order valence-corrected chi connectivity index (χ3v) is 6.82. The van der Waals surface area contributed by atoms with Crippen molar-refractivity contribution in [2.45, 2.75) is 31.0 Å². The molecule has 0 saturated heterocycles. The maximum atomic E-state index is 12.9. The van der Waals surface area contributed by atoms with Crippen LogP contribution in [-0.2, 0) is 24.2 Å². The van der Waals surface area contributed by atoms with Crippen molar-refractivity contribution >= 4 is 39.9 Å². The van der Waals surface area contributed by atoms with Crippen LogP contribution in [0, 0.1) is 5.82 Å². The van der Waals surface area contributed by atoms with Crippen molar-refractivity contribution in [3.63, 3.8) is 0 Å². The summed E-state index contributed by atoms with van der Waals surface area (Å²) in [6.07, 6.45) is 2.68. The van der Waals surface area contributed by atoms with Crippen molar-refractivity contribution in [2.24, 2.45) is 5.73 Å². The quantitative estimate of drug-likeness (QED) is 0.344. The fourth-order valence-electron chi connectivity index (χ4n) is 3.23. The molecule has 12 heteroatoms. The van der Waals surface area contributed by atoms with Gasteiger partial charge < -0.3 is 21.6 Å². The molecule has 5 N–H and O–H groups in total. The Balaban J connectivity index is 1.34. The zero-order valence-electron chi connectivity index (χ0n) is 16.3. The number of halogens is 1. The number of amides is 2. The number of carbonyl (C=O) groups is 2. The highest BCUT2D eigenvalue weighted by Crippen LogP contribution is 2.38. The summed E-state index contributed by atoms with van der Waals surface area (Å²) in [6, 6.07) is 5.56. The highest BCUT2D eigenvalue weighted by atomic mass is 32.2. The molecular weight excluding hydrogens is 443 g/mol. The van der Waals surface area contributed by atoms with E-state index in [4.69, 9.17) is 16.3 Å². The number of aryl methyl sites for hydroxylation is 1. The van der Waals surface area contributed by atoms with Crippen molar-refractivity contribution < 1.29 is 18.7 Å². The highest BCUT2D eigenvalue weighted by molar-refractivity contribution is 7.99. The van der Waals surface area contributed by atoms with Crippen LogP contribution in [0.25, 0.3) is 0 Å². The molecule has 2 heterocycles. The number of nitrogens with zero attached hydrogens (tertiary/aromatic N) is 3. The summed E-state index contributed by atoms with van der Waals surface area (Å²) < 4.78 is 19.7. The maximum Gasteiger partial charge on any atom is 0.251 e. The lowest BCUT2D eigenvalue weighted by Crippen LogP contribution is -2.20. The number of nitrogen functional groups attached to an aromatic ring is 1. The molecule has 162 valence electrons. The minimum atomic E-state index is -0.533. The Morgan fingerprint density at radius 3 is 2.77 bits per heavy atom. The van der Waals surface area contributed by atoms with E-state index in [2.05, 4.69) is 15.5 Å². The van der Waals surface area contributed by atoms with Gasteiger partial charge in [0.05, 0.1) is 11.3 Å². The summed E-state index contributed by atoms with van der Waals surface area (Å²) in [4.78, 5) is 25.3. The standard InChI is InChI=1S/C19H19FN6O3S2/c20-10-4-6-11(7-5-10)29-8-14-24-25-19(26(14)22)30-9-15(27)23-18-16(17(21)28)12-2-1-3-13(12)31-18/h4-7H,1-3,8-9,22H2,(H2,21,28)(H,23,27). The van der Waals surface area contributed by atoms with E-state index in [-0.39, 0.29) is 24.1 Å². The number of ether oxygens (including phenoxy) is 1. The Hall–Kier alpha value is -3.12. The summed E-state index contributed by atoms with van der Waals surface area (Å²) in [7, 11) is 0. The minimum absolute atomic E-state index is 0.0227. The van der Waals surface area contributed by atoms with Gasteiger partial charge in [-0.3, -0.25) is 9.59 Å². The number of anilines is 1. The van der Waals surface area contributed by atoms with Gasteiger partial charge in [0.25, 0.3) is 5.91 Å². The van der Waals surface area contributed by atoms with Crippen LogP contribution in [0.1, 0.15) is 33.0 Å². The van der Waals surface area contributed by atoms with Gasteiger partial charge >= 0.3 is 0 Å². The third-order valence-electron chi connectivity index (χ3n) is 4.67. The second-order valence-corrected chi connectivity index (χ2v) is 8.82. The van der Waals surface area contributed by atoms with Gasteiger partial charge in [-0.1, -0.05) is 11.8 Å². The zero-order valence-corrected chi connectivity index (χ0v) is 17.9. The molecule has 2 aromatic heterocycles. The van der Waals surface area contributed by atoms with Crippen LogP contribution in [0.2, 0.25) is 0 Å². The van der Waals surface area contributed by atoms with Crippen LogP contribution < -0.4 is 21.6 Å². The van der Waals surface area contributed by atoms with Gasteiger partial charge in [0.1, 0.15) is 23.2 Å². The molecule has 9 nitrogen and oxygen atoms in total. The van der Waals surface area contributed by atoms with E-state index in [9.17, 15) is 14.0 Å². The lowest BCUT2D eigenvalue weighted by molar-refractivity contribution is -0.113. The van der Waals surface area contributed by atoms with E-state index in [1.807, 2.05) is 0 Å². The Morgan fingerprint density at radius 2 is 2.03 bits per heavy atom. The van der Waals surface area contributed by atoms with Crippen molar-refractivity contribution in [3.05, 3.63) is 51.9 Å². The number of aromatic nitrogens is 3. The molecule has 3 aromatic rings. The first-order chi connectivity index (χ1) is 14.9. The van der Waals surface area contributed by atoms with Crippen LogP contribution in [-0.4, -0.2) is 32.4 Å². The Bertz CT molecular complexity index is 1130. The molecule has 0 unspecified atom stereocenters. The second kappa shape index (κ2) is 8.94. The lowest BCUT2D eigenvalue weighted by Gasteiger charge is -2.07. The van der Waals surface area contributed by atoms with Gasteiger partial charge in [-0.25, -0.2) is 9.07 Å². The molecule has 2 amide bonds. The van der Waals surface area contributed by atoms with Crippen LogP contribution >= 0.6 is 23.1 Å². The summed E-state index contributed by atoms with van der Waals surface area (Å²) in [6.45, 7) is 0.0324. The zero-order chi connectivity index (χ0) is 22.0. The van der Waals surface area contributed by atoms with Crippen LogP contribution in [0.4, 0.5) is 9.39 Å². The number of benzene rings is 1. The number of hydrogen-bond donors (Lipinski definition) is 3. The normalized spacial score (nSPS) is 12.5. The summed E-state index contributed by atoms with van der Waals surface area (Å²) in [5, 5.41) is 11.5. The number of hydrogen-bond acceptors (Lipinski definition) is 8. The van der Waals surface area contributed by atoms with E-state index < -0.39 is 5.91 Å². The van der Waals surface area contributed by atoms with E-state index in [0.29, 0.717) is 27.3 Å². The van der Waals surface area contributed by atoms with Crippen LogP contribution in [0.5, 0.6) is 5.75 Å². The van der Waals surface area contributed by atoms with Gasteiger partial charge in [0, 0.05) is 4.88 Å². The Labute approximate surface area is 184 Å². The second-order valence-electron chi connectivity index (χ2n) is 6.77. The molecular formula is C19H19FN6O3S2. The lowest BCUT2D eigenvalue weighted by atomic mass is 10.1. The number of thioether (sulfide) groups is 1. The molecule has 0 fully saturated rings. The van der Waals surface area contributed by atoms with Crippen LogP contribution in [0.3, 0.4) is 0 Å². The smallest absolute Gasteiger partial charge is 0.251 e. The molecule has 1 aromatic carbocycles. The van der Waals surface area contributed by atoms with Crippen molar-refractivity contribution in [3.8, 4) is 5.75 Å². The molecule has 0 atom stereocenters. The van der Waals surface area contributed by atoms with Gasteiger partial charge in [-0.2, -0.15) is 0 Å². The minimum Gasteiger partial charge on any atom is -0.486 e. The maximum absolute atomic E-state index is 12.9. The Kier molecular flexibility index (Phi) is 6.09. The molecule has 31 heavy (non-hydrogen) atoms. The SMILES string of the molecule is NC(=O)c1c(NC(=O)CSc2nnc(COc3ccc(F)cc3)n2N)sc2c1CCC2. The van der Waals surface area contributed by atoms with Gasteiger partial charge in [0.15, 0.2) is 5.82 Å². The van der Waals surface area contributed by atoms with Crippen molar-refractivity contribution in [1.82, 2.24) is 14.9 Å². The van der Waals surface area contributed by atoms with Crippen LogP contribution in [0.15, 0.2) is 29.4 Å². The molecule has 0 saturated carbocycles. The number of nitrogens with two attached hydrogens (primary N) is 2. The van der Waals surface area contributed by atoms with Crippen molar-refractivity contribution in [2.75, 3.05) is 16.9 Å². The monoisotopic (exact) mass is 462 g/mol. The van der Waals surface area contributed by atoms with E-state index in [1.165, 1.54) is 40.3 Å². The third kappa shape index (κ3) is 4.64. The number of primary amides is 1. The number of rotatable bonds is 8. The van der Waals surface area contributed by atoms with E-state index >= 15 is 0 Å². The first kappa shape index (κ1) is 21.1. The number of carbonyl (C=O) groups excluding carboxylic acids is 2. The van der Waals surface area contributed by atoms with Gasteiger partial charge in [-0.15, -0.1) is 21.5 Å². The molecule has 0 spiro atoms. The largest absolute Gasteiger partial charge is 0.486 e. The predicted octanol–water partition coefficient (Wildman–Crippen LogP) is 2.09. The van der Waals surface area contributed by atoms with Gasteiger partial charge in [0.2, 0.25) is 11.1 Å². The summed E-state index contributed by atoms with van der Waals surface area (Å²) in [5.74, 6) is 5.62. The predicted molar refractivity (Wildman–Crippen MR) is 115 cm³/mol. The van der Waals surface area contributed by atoms with E-state index in [1.54, 1.807) is 0 Å². The highest BCUT2D eigenvalue weighted by Gasteiger charge is 2.26. The Morgan fingerprint density at radius 1 is 1.26 bits per heavy atom. The first-order valence-corrected chi connectivity index (χ1v) is 11.2. The summed E-state index contributed by atoms with van der Waals surface area (Å²) in [5.41, 5.74) is 6.88. The molecule has 0 aliphatic heterocycles. The fraction of sp³-hybridized carbons (Fsp3) is 0.263. The van der Waals surface area contributed by atoms with E-state index in [0.717, 1.165) is 41.5 Å². The van der Waals surface area contributed by atoms with Gasteiger partial charge in [-0.05, 0) is 49.1 Å². The average molecular weight is 463 g/mol. The fourth-order valence-corrected chi connectivity index (χ4v) is 5.21. The topological polar surface area (TPSA) is 138 Å². The summed E-state index contributed by atoms with van der Waals surface area (Å²) >= 11 is 2.50. The number of nitrogens with one attached hydrogen (secondary N) is 1. The van der Waals surface area contributed by atoms with Crippen molar-refractivity contribution in [1.29, 1.82) is 0 Å². The number of fused-ring (bicyclic) bond motifs is 1.